The molecule has 0 spiro atoms. The van der Waals surface area contributed by atoms with Crippen molar-refractivity contribution in [2.24, 2.45) is 5.92 Å². The molecule has 5 rings (SSSR count). The van der Waals surface area contributed by atoms with Crippen LogP contribution in [0.15, 0.2) is 60.9 Å². The monoisotopic (exact) mass is 357 g/mol. The molecule has 0 radical (unpaired) electrons. The zero-order valence-electron chi connectivity index (χ0n) is 15.3. The Balaban J connectivity index is 1.49. The summed E-state index contributed by atoms with van der Waals surface area (Å²) in [6.45, 7) is 2.94. The number of hydrogen-bond acceptors (Lipinski definition) is 3. The van der Waals surface area contributed by atoms with Gasteiger partial charge >= 0.3 is 0 Å². The molecule has 2 aliphatic rings. The number of para-hydroxylation sites is 1. The molecule has 3 heterocycles. The number of fused-ring (bicyclic) bond motifs is 2. The Morgan fingerprint density at radius 2 is 1.89 bits per heavy atom. The zero-order valence-corrected chi connectivity index (χ0v) is 15.3. The zero-order chi connectivity index (χ0) is 18.2. The maximum atomic E-state index is 13.4. The maximum Gasteiger partial charge on any atom is 0.258 e. The van der Waals surface area contributed by atoms with Crippen molar-refractivity contribution in [1.29, 1.82) is 0 Å². The van der Waals surface area contributed by atoms with Crippen LogP contribution < -0.4 is 10.2 Å². The molecule has 1 fully saturated rings. The van der Waals surface area contributed by atoms with Crippen LogP contribution in [0.25, 0.3) is 10.8 Å². The molecule has 2 aliphatic heterocycles. The number of hydrogen-bond donors (Lipinski definition) is 1. The first kappa shape index (κ1) is 16.5. The van der Waals surface area contributed by atoms with Crippen LogP contribution >= 0.6 is 0 Å². The van der Waals surface area contributed by atoms with E-state index in [0.717, 1.165) is 41.7 Å². The fraction of sp³-hybridized carbons (Fsp3) is 0.304. The molecule has 1 unspecified atom stereocenters. The van der Waals surface area contributed by atoms with Gasteiger partial charge in [-0.3, -0.25) is 9.78 Å². The first-order chi connectivity index (χ1) is 13.3. The number of aromatic nitrogens is 1. The number of amides is 1. The van der Waals surface area contributed by atoms with Crippen molar-refractivity contribution >= 4 is 22.4 Å². The SMILES string of the molecule is O=C(c1ccc2ccncc2c1)N1CC(C2CCNCC2)c2ccccc21. The average Bonchev–Trinajstić information content (AvgIpc) is 3.13. The van der Waals surface area contributed by atoms with Gasteiger partial charge in [0.1, 0.15) is 0 Å². The molecule has 1 atom stereocenters. The summed E-state index contributed by atoms with van der Waals surface area (Å²) >= 11 is 0. The van der Waals surface area contributed by atoms with Crippen LogP contribution in [-0.4, -0.2) is 30.5 Å². The fourth-order valence-corrected chi connectivity index (χ4v) is 4.66. The molecular formula is C23H23N3O. The minimum absolute atomic E-state index is 0.0876. The van der Waals surface area contributed by atoms with Crippen LogP contribution in [0.1, 0.15) is 34.7 Å². The summed E-state index contributed by atoms with van der Waals surface area (Å²) in [4.78, 5) is 19.5. The Morgan fingerprint density at radius 3 is 2.78 bits per heavy atom. The molecule has 2 aromatic carbocycles. The number of nitrogens with zero attached hydrogens (tertiary/aromatic N) is 2. The van der Waals surface area contributed by atoms with Crippen LogP contribution in [-0.2, 0) is 0 Å². The van der Waals surface area contributed by atoms with Crippen molar-refractivity contribution in [1.82, 2.24) is 10.3 Å². The molecule has 1 N–H and O–H groups in total. The van der Waals surface area contributed by atoms with Crippen LogP contribution in [0.2, 0.25) is 0 Å². The molecule has 4 heteroatoms. The number of piperidine rings is 1. The molecular weight excluding hydrogens is 334 g/mol. The predicted octanol–water partition coefficient (Wildman–Crippen LogP) is 3.98. The van der Waals surface area contributed by atoms with Gasteiger partial charge in [0.05, 0.1) is 0 Å². The normalized spacial score (nSPS) is 20.0. The Kier molecular flexibility index (Phi) is 4.13. The van der Waals surface area contributed by atoms with Crippen molar-refractivity contribution in [3.8, 4) is 0 Å². The minimum Gasteiger partial charge on any atom is -0.317 e. The summed E-state index contributed by atoms with van der Waals surface area (Å²) in [6, 6.07) is 16.3. The van der Waals surface area contributed by atoms with E-state index in [9.17, 15) is 4.79 Å². The number of nitrogens with one attached hydrogen (secondary N) is 1. The van der Waals surface area contributed by atoms with E-state index < -0.39 is 0 Å². The van der Waals surface area contributed by atoms with Crippen LogP contribution in [0.4, 0.5) is 5.69 Å². The van der Waals surface area contributed by atoms with Crippen molar-refractivity contribution in [2.75, 3.05) is 24.5 Å². The third kappa shape index (κ3) is 2.90. The Morgan fingerprint density at radius 1 is 1.04 bits per heavy atom. The van der Waals surface area contributed by atoms with Gasteiger partial charge in [0.15, 0.2) is 0 Å². The lowest BCUT2D eigenvalue weighted by Gasteiger charge is -2.28. The highest BCUT2D eigenvalue weighted by atomic mass is 16.2. The molecule has 3 aromatic rings. The topological polar surface area (TPSA) is 45.2 Å². The van der Waals surface area contributed by atoms with E-state index in [0.29, 0.717) is 11.8 Å². The molecule has 0 bridgehead atoms. The van der Waals surface area contributed by atoms with Crippen molar-refractivity contribution in [2.45, 2.75) is 18.8 Å². The minimum atomic E-state index is 0.0876. The lowest BCUT2D eigenvalue weighted by atomic mass is 9.82. The molecule has 0 aliphatic carbocycles. The summed E-state index contributed by atoms with van der Waals surface area (Å²) < 4.78 is 0. The van der Waals surface area contributed by atoms with Gasteiger partial charge in [-0.25, -0.2) is 0 Å². The predicted molar refractivity (Wildman–Crippen MR) is 108 cm³/mol. The number of carbonyl (C=O) groups is 1. The number of anilines is 1. The summed E-state index contributed by atoms with van der Waals surface area (Å²) in [5.74, 6) is 1.17. The van der Waals surface area contributed by atoms with Gasteiger partial charge in [0.25, 0.3) is 5.91 Å². The second-order valence-corrected chi connectivity index (χ2v) is 7.61. The third-order valence-corrected chi connectivity index (χ3v) is 6.09. The maximum absolute atomic E-state index is 13.4. The van der Waals surface area contributed by atoms with Crippen molar-refractivity contribution in [3.05, 3.63) is 72.1 Å². The van der Waals surface area contributed by atoms with Gasteiger partial charge in [-0.15, -0.1) is 0 Å². The first-order valence-corrected chi connectivity index (χ1v) is 9.76. The summed E-state index contributed by atoms with van der Waals surface area (Å²) in [5.41, 5.74) is 3.15. The van der Waals surface area contributed by atoms with Gasteiger partial charge in [0.2, 0.25) is 0 Å². The smallest absolute Gasteiger partial charge is 0.258 e. The lowest BCUT2D eigenvalue weighted by Crippen LogP contribution is -2.34. The van der Waals surface area contributed by atoms with E-state index in [4.69, 9.17) is 0 Å². The van der Waals surface area contributed by atoms with Gasteiger partial charge in [-0.05, 0) is 67.1 Å². The molecule has 4 nitrogen and oxygen atoms in total. The third-order valence-electron chi connectivity index (χ3n) is 6.09. The van der Waals surface area contributed by atoms with Crippen LogP contribution in [0.3, 0.4) is 0 Å². The lowest BCUT2D eigenvalue weighted by molar-refractivity contribution is 0.0986. The van der Waals surface area contributed by atoms with E-state index in [-0.39, 0.29) is 5.91 Å². The molecule has 1 amide bonds. The van der Waals surface area contributed by atoms with E-state index in [1.54, 1.807) is 6.20 Å². The summed E-state index contributed by atoms with van der Waals surface area (Å²) in [6.07, 6.45) is 5.97. The molecule has 1 saturated heterocycles. The van der Waals surface area contributed by atoms with E-state index in [1.165, 1.54) is 18.4 Å². The van der Waals surface area contributed by atoms with E-state index in [2.05, 4.69) is 28.5 Å². The van der Waals surface area contributed by atoms with Crippen LogP contribution in [0, 0.1) is 5.92 Å². The van der Waals surface area contributed by atoms with Gasteiger partial charge in [0, 0.05) is 41.5 Å². The highest BCUT2D eigenvalue weighted by Gasteiger charge is 2.37. The van der Waals surface area contributed by atoms with Gasteiger partial charge in [-0.1, -0.05) is 24.3 Å². The molecule has 1 aromatic heterocycles. The Labute approximate surface area is 159 Å². The molecule has 136 valence electrons. The fourth-order valence-electron chi connectivity index (χ4n) is 4.66. The van der Waals surface area contributed by atoms with E-state index >= 15 is 0 Å². The summed E-state index contributed by atoms with van der Waals surface area (Å²) in [7, 11) is 0. The number of rotatable bonds is 2. The number of pyridine rings is 1. The van der Waals surface area contributed by atoms with Crippen molar-refractivity contribution in [3.63, 3.8) is 0 Å². The number of benzene rings is 2. The van der Waals surface area contributed by atoms with Crippen LogP contribution in [0.5, 0.6) is 0 Å². The second kappa shape index (κ2) is 6.78. The first-order valence-electron chi connectivity index (χ1n) is 9.76. The highest BCUT2D eigenvalue weighted by Crippen LogP contribution is 2.43. The Hall–Kier alpha value is -2.72. The summed E-state index contributed by atoms with van der Waals surface area (Å²) in [5, 5.41) is 5.57. The molecule has 27 heavy (non-hydrogen) atoms. The van der Waals surface area contributed by atoms with Gasteiger partial charge in [-0.2, -0.15) is 0 Å². The quantitative estimate of drug-likeness (QED) is 0.755. The highest BCUT2D eigenvalue weighted by molar-refractivity contribution is 6.09. The standard InChI is InChI=1S/C23H23N3O/c27-23(18-6-5-16-7-12-25-14-19(16)13-18)26-15-21(17-8-10-24-11-9-17)20-3-1-2-4-22(20)26/h1-7,12-14,17,21,24H,8-11,15H2. The molecule has 0 saturated carbocycles. The number of carbonyl (C=O) groups excluding carboxylic acids is 1. The van der Waals surface area contributed by atoms with E-state index in [1.807, 2.05) is 41.4 Å². The Bertz CT molecular complexity index is 994. The van der Waals surface area contributed by atoms with Crippen molar-refractivity contribution < 1.29 is 4.79 Å². The second-order valence-electron chi connectivity index (χ2n) is 7.61. The average molecular weight is 357 g/mol. The van der Waals surface area contributed by atoms with Gasteiger partial charge < -0.3 is 10.2 Å². The largest absolute Gasteiger partial charge is 0.317 e.